The van der Waals surface area contributed by atoms with E-state index < -0.39 is 10.7 Å². The first-order chi connectivity index (χ1) is 12.0. The molecule has 2 aromatic rings. The van der Waals surface area contributed by atoms with E-state index in [-0.39, 0.29) is 5.92 Å². The molecule has 0 bridgehead atoms. The van der Waals surface area contributed by atoms with Gasteiger partial charge in [0.25, 0.3) is 0 Å². The van der Waals surface area contributed by atoms with Gasteiger partial charge in [-0.3, -0.25) is 0 Å². The molecule has 2 aromatic carbocycles. The fourth-order valence-electron chi connectivity index (χ4n) is 3.61. The van der Waals surface area contributed by atoms with Gasteiger partial charge in [-0.2, -0.15) is 5.26 Å². The highest BCUT2D eigenvalue weighted by Crippen LogP contribution is 2.79. The van der Waals surface area contributed by atoms with E-state index in [0.29, 0.717) is 0 Å². The predicted octanol–water partition coefficient (Wildman–Crippen LogP) is 6.38. The maximum absolute atomic E-state index is 9.97. The number of rotatable bonds is 2. The number of nitriles is 1. The van der Waals surface area contributed by atoms with Crippen LogP contribution in [0.15, 0.2) is 78.1 Å². The lowest BCUT2D eigenvalue weighted by atomic mass is 9.75. The minimum atomic E-state index is -1.80. The van der Waals surface area contributed by atoms with Gasteiger partial charge in [-0.15, -0.1) is 0 Å². The topological polar surface area (TPSA) is 23.8 Å². The van der Waals surface area contributed by atoms with E-state index >= 15 is 0 Å². The summed E-state index contributed by atoms with van der Waals surface area (Å²) in [4.78, 5) is 1.25. The molecule has 0 N–H and O–H groups in total. The lowest BCUT2D eigenvalue weighted by Crippen LogP contribution is -2.29. The third-order valence-corrected chi connectivity index (χ3v) is 12.1. The average molecular weight is 379 g/mol. The van der Waals surface area contributed by atoms with Crippen molar-refractivity contribution in [2.45, 2.75) is 12.8 Å². The number of nitrogens with zero attached hydrogens (tertiary/aromatic N) is 1. The molecule has 2 aliphatic rings. The minimum Gasteiger partial charge on any atom is -0.198 e. The first kappa shape index (κ1) is 16.9. The second-order valence-electron chi connectivity index (χ2n) is 6.81. The van der Waals surface area contributed by atoms with Gasteiger partial charge in [0.15, 0.2) is 0 Å². The smallest absolute Gasteiger partial charge is 0.0706 e. The SMILES string of the molecule is CC1(C#N)CP2(=S)SC(c3ccccc3)=CC2=CC1c1ccccc1. The molecule has 4 rings (SSSR count). The first-order valence-corrected chi connectivity index (χ1v) is 12.7. The Morgan fingerprint density at radius 2 is 1.76 bits per heavy atom. The van der Waals surface area contributed by atoms with Crippen molar-refractivity contribution in [1.82, 2.24) is 0 Å². The van der Waals surface area contributed by atoms with Gasteiger partial charge < -0.3 is 0 Å². The van der Waals surface area contributed by atoms with Crippen molar-refractivity contribution in [3.8, 4) is 6.07 Å². The molecule has 1 nitrogen and oxygen atoms in total. The standard InChI is InChI=1S/C21H18NPS2/c1-21(14-22)15-23(24)18(12-19(21)16-8-4-2-5-9-16)13-20(25-23)17-10-6-3-7-11-17/h2-13,19H,15H2,1H3. The fourth-order valence-corrected chi connectivity index (χ4v) is 11.6. The van der Waals surface area contributed by atoms with Crippen molar-refractivity contribution in [1.29, 1.82) is 5.26 Å². The van der Waals surface area contributed by atoms with Gasteiger partial charge in [-0.1, -0.05) is 89.9 Å². The summed E-state index contributed by atoms with van der Waals surface area (Å²) in [6, 6.07) is 23.4. The van der Waals surface area contributed by atoms with Crippen LogP contribution in [0.25, 0.3) is 4.91 Å². The zero-order chi connectivity index (χ0) is 17.5. The van der Waals surface area contributed by atoms with Crippen molar-refractivity contribution < 1.29 is 0 Å². The Labute approximate surface area is 158 Å². The highest BCUT2D eigenvalue weighted by molar-refractivity contribution is 8.76. The van der Waals surface area contributed by atoms with Crippen LogP contribution in [0.5, 0.6) is 0 Å². The van der Waals surface area contributed by atoms with Gasteiger partial charge >= 0.3 is 0 Å². The summed E-state index contributed by atoms with van der Waals surface area (Å²) < 4.78 is 0. The quantitative estimate of drug-likeness (QED) is 0.566. The summed E-state index contributed by atoms with van der Waals surface area (Å²) >= 11 is 7.97. The molecule has 3 atom stereocenters. The van der Waals surface area contributed by atoms with E-state index in [1.807, 2.05) is 35.6 Å². The van der Waals surface area contributed by atoms with E-state index in [2.05, 4.69) is 61.5 Å². The number of hydrogen-bond acceptors (Lipinski definition) is 3. The molecule has 0 saturated heterocycles. The van der Waals surface area contributed by atoms with E-state index in [9.17, 15) is 5.26 Å². The van der Waals surface area contributed by atoms with Gasteiger partial charge in [0.2, 0.25) is 0 Å². The summed E-state index contributed by atoms with van der Waals surface area (Å²) in [5, 5.41) is 9.45. The maximum Gasteiger partial charge on any atom is 0.0706 e. The van der Waals surface area contributed by atoms with Gasteiger partial charge in [0.05, 0.1) is 11.5 Å². The third kappa shape index (κ3) is 2.93. The average Bonchev–Trinajstić information content (AvgIpc) is 2.98. The number of benzene rings is 2. The minimum absolute atomic E-state index is 0.0942. The fraction of sp³-hybridized carbons (Fsp3) is 0.190. The second-order valence-corrected chi connectivity index (χ2v) is 14.6. The zero-order valence-electron chi connectivity index (χ0n) is 13.9. The normalized spacial score (nSPS) is 30.8. The molecule has 0 amide bonds. The van der Waals surface area contributed by atoms with Gasteiger partial charge in [-0.05, 0) is 29.4 Å². The lowest BCUT2D eigenvalue weighted by Gasteiger charge is -2.38. The zero-order valence-corrected chi connectivity index (χ0v) is 16.5. The molecule has 0 saturated carbocycles. The molecule has 4 heteroatoms. The number of fused-ring (bicyclic) bond motifs is 1. The van der Waals surface area contributed by atoms with Gasteiger partial charge in [0, 0.05) is 22.2 Å². The van der Waals surface area contributed by atoms with Crippen molar-refractivity contribution in [2.75, 3.05) is 6.16 Å². The summed E-state index contributed by atoms with van der Waals surface area (Å²) in [6.45, 7) is 2.08. The second kappa shape index (κ2) is 6.29. The molecule has 0 aromatic heterocycles. The van der Waals surface area contributed by atoms with Crippen LogP contribution >= 0.6 is 16.6 Å². The van der Waals surface area contributed by atoms with Crippen LogP contribution in [0.3, 0.4) is 0 Å². The van der Waals surface area contributed by atoms with Gasteiger partial charge in [0.1, 0.15) is 0 Å². The Bertz CT molecular complexity index is 956. The number of hydrogen-bond donors (Lipinski definition) is 0. The van der Waals surface area contributed by atoms with E-state index in [1.54, 1.807) is 0 Å². The van der Waals surface area contributed by atoms with Crippen LogP contribution in [0.4, 0.5) is 0 Å². The Balaban J connectivity index is 1.81. The van der Waals surface area contributed by atoms with Crippen LogP contribution in [0.1, 0.15) is 24.0 Å². The Kier molecular flexibility index (Phi) is 4.24. The molecule has 3 unspecified atom stereocenters. The molecular formula is C21H18NPS2. The molecular weight excluding hydrogens is 361 g/mol. The van der Waals surface area contributed by atoms with E-state index in [1.165, 1.54) is 21.3 Å². The summed E-state index contributed by atoms with van der Waals surface area (Å²) in [5.74, 6) is 0.0942. The molecule has 25 heavy (non-hydrogen) atoms. The molecule has 0 radical (unpaired) electrons. The number of allylic oxidation sites excluding steroid dienone is 3. The predicted molar refractivity (Wildman–Crippen MR) is 112 cm³/mol. The maximum atomic E-state index is 9.97. The summed E-state index contributed by atoms with van der Waals surface area (Å²) in [5.41, 5.74) is 1.97. The lowest BCUT2D eigenvalue weighted by molar-refractivity contribution is 0.444. The van der Waals surface area contributed by atoms with Crippen LogP contribution in [0.2, 0.25) is 0 Å². The van der Waals surface area contributed by atoms with Crippen molar-refractivity contribution >= 4 is 33.3 Å². The van der Waals surface area contributed by atoms with E-state index in [0.717, 1.165) is 6.16 Å². The van der Waals surface area contributed by atoms with Crippen LogP contribution in [0, 0.1) is 16.7 Å². The third-order valence-electron chi connectivity index (χ3n) is 4.95. The van der Waals surface area contributed by atoms with Crippen LogP contribution < -0.4 is 0 Å². The Hall–Kier alpha value is -1.59. The first-order valence-electron chi connectivity index (χ1n) is 8.28. The highest BCUT2D eigenvalue weighted by atomic mass is 32.9. The molecule has 2 heterocycles. The highest BCUT2D eigenvalue weighted by Gasteiger charge is 2.46. The van der Waals surface area contributed by atoms with E-state index in [4.69, 9.17) is 11.8 Å². The van der Waals surface area contributed by atoms with Crippen LogP contribution in [-0.2, 0) is 11.8 Å². The summed E-state index contributed by atoms with van der Waals surface area (Å²) in [6.07, 6.45) is 5.34. The van der Waals surface area contributed by atoms with Gasteiger partial charge in [-0.25, -0.2) is 0 Å². The molecule has 0 spiro atoms. The molecule has 124 valence electrons. The Morgan fingerprint density at radius 1 is 1.12 bits per heavy atom. The van der Waals surface area contributed by atoms with Crippen LogP contribution in [-0.4, -0.2) is 6.16 Å². The Morgan fingerprint density at radius 3 is 2.40 bits per heavy atom. The molecule has 0 aliphatic carbocycles. The van der Waals surface area contributed by atoms with Crippen molar-refractivity contribution in [3.63, 3.8) is 0 Å². The molecule has 2 aliphatic heterocycles. The van der Waals surface area contributed by atoms with Crippen molar-refractivity contribution in [3.05, 3.63) is 89.3 Å². The largest absolute Gasteiger partial charge is 0.198 e. The monoisotopic (exact) mass is 379 g/mol. The van der Waals surface area contributed by atoms with Crippen molar-refractivity contribution in [2.24, 2.45) is 5.41 Å². The molecule has 0 fully saturated rings. The summed E-state index contributed by atoms with van der Waals surface area (Å²) in [7, 11) is 0.